The lowest BCUT2D eigenvalue weighted by Crippen LogP contribution is -2.24. The first-order valence-electron chi connectivity index (χ1n) is 4.54. The summed E-state index contributed by atoms with van der Waals surface area (Å²) in [5, 5.41) is 5.19. The maximum absolute atomic E-state index is 10.9. The first-order valence-corrected chi connectivity index (χ1v) is 8.27. The lowest BCUT2D eigenvalue weighted by atomic mass is 10.3. The van der Waals surface area contributed by atoms with E-state index in [1.165, 1.54) is 11.1 Å². The van der Waals surface area contributed by atoms with Crippen LogP contribution in [0.3, 0.4) is 0 Å². The van der Waals surface area contributed by atoms with Gasteiger partial charge in [-0.3, -0.25) is 0 Å². The highest BCUT2D eigenvalue weighted by Crippen LogP contribution is 2.28. The van der Waals surface area contributed by atoms with E-state index in [1.807, 2.05) is 18.4 Å². The molecule has 1 unspecified atom stereocenters. The molecule has 1 N–H and O–H groups in total. The van der Waals surface area contributed by atoms with Crippen LogP contribution in [-0.2, 0) is 9.84 Å². The number of sulfone groups is 1. The molecule has 1 heterocycles. The van der Waals surface area contributed by atoms with Crippen LogP contribution in [0.2, 0.25) is 0 Å². The van der Waals surface area contributed by atoms with Crippen LogP contribution in [-0.4, -0.2) is 27.0 Å². The number of thiophene rings is 1. The summed E-state index contributed by atoms with van der Waals surface area (Å²) >= 11 is 5.11. The number of nitrogens with one attached hydrogen (secondary N) is 1. The van der Waals surface area contributed by atoms with Gasteiger partial charge in [-0.05, 0) is 34.3 Å². The van der Waals surface area contributed by atoms with Crippen molar-refractivity contribution in [2.24, 2.45) is 0 Å². The predicted molar refractivity (Wildman–Crippen MR) is 68.1 cm³/mol. The summed E-state index contributed by atoms with van der Waals surface area (Å²) in [7, 11) is -2.87. The van der Waals surface area contributed by atoms with Crippen molar-refractivity contribution in [2.75, 3.05) is 18.6 Å². The average Bonchev–Trinajstić information content (AvgIpc) is 2.48. The van der Waals surface area contributed by atoms with Gasteiger partial charge >= 0.3 is 0 Å². The molecule has 0 bridgehead atoms. The Bertz CT molecular complexity index is 414. The molecule has 0 fully saturated rings. The number of halogens is 1. The summed E-state index contributed by atoms with van der Waals surface area (Å²) < 4.78 is 22.9. The third-order valence-electron chi connectivity index (χ3n) is 1.96. The molecule has 0 radical (unpaired) electrons. The normalized spacial score (nSPS) is 14.1. The number of hydrogen-bond donors (Lipinski definition) is 1. The van der Waals surface area contributed by atoms with Gasteiger partial charge < -0.3 is 5.32 Å². The topological polar surface area (TPSA) is 46.2 Å². The summed E-state index contributed by atoms with van der Waals surface area (Å²) in [5.41, 5.74) is 0. The zero-order chi connectivity index (χ0) is 11.5. The summed E-state index contributed by atoms with van der Waals surface area (Å²) in [5.74, 6) is 0.181. The fourth-order valence-electron chi connectivity index (χ4n) is 1.17. The Morgan fingerprint density at radius 3 is 2.73 bits per heavy atom. The summed E-state index contributed by atoms with van der Waals surface area (Å²) in [4.78, 5) is 1.20. The second kappa shape index (κ2) is 5.43. The van der Waals surface area contributed by atoms with E-state index in [2.05, 4.69) is 21.2 Å². The van der Waals surface area contributed by atoms with Crippen LogP contribution in [0.5, 0.6) is 0 Å². The van der Waals surface area contributed by atoms with Crippen molar-refractivity contribution in [2.45, 2.75) is 13.0 Å². The van der Waals surface area contributed by atoms with E-state index in [4.69, 9.17) is 0 Å². The molecule has 0 aromatic carbocycles. The highest BCUT2D eigenvalue weighted by atomic mass is 79.9. The lowest BCUT2D eigenvalue weighted by molar-refractivity contribution is 0.579. The molecule has 1 aromatic rings. The van der Waals surface area contributed by atoms with Crippen molar-refractivity contribution >= 4 is 37.1 Å². The monoisotopic (exact) mass is 311 g/mol. The maximum Gasteiger partial charge on any atom is 0.148 e. The van der Waals surface area contributed by atoms with Crippen LogP contribution in [0.15, 0.2) is 15.9 Å². The average molecular weight is 312 g/mol. The minimum Gasteiger partial charge on any atom is -0.308 e. The predicted octanol–water partition coefficient (Wildman–Crippen LogP) is 2.21. The van der Waals surface area contributed by atoms with E-state index in [9.17, 15) is 8.42 Å². The molecular formula is C9H14BrNO2S2. The Labute approximate surface area is 103 Å². The zero-order valence-electron chi connectivity index (χ0n) is 8.66. The van der Waals surface area contributed by atoms with Gasteiger partial charge in [-0.1, -0.05) is 0 Å². The van der Waals surface area contributed by atoms with Gasteiger partial charge in [0.15, 0.2) is 0 Å². The molecule has 1 rings (SSSR count). The standard InChI is InChI=1S/C9H14BrNO2S2/c1-7(9-8(10)3-5-14-9)11-4-6-15(2,12)13/h3,5,7,11H,4,6H2,1-2H3. The van der Waals surface area contributed by atoms with E-state index in [1.54, 1.807) is 11.3 Å². The third-order valence-corrected chi connectivity index (χ3v) is 4.96. The molecule has 1 aromatic heterocycles. The molecule has 0 saturated heterocycles. The van der Waals surface area contributed by atoms with Crippen LogP contribution in [0.25, 0.3) is 0 Å². The Hall–Kier alpha value is 0.0900. The molecule has 0 aliphatic carbocycles. The van der Waals surface area contributed by atoms with Crippen molar-refractivity contribution in [3.63, 3.8) is 0 Å². The summed E-state index contributed by atoms with van der Waals surface area (Å²) in [6.45, 7) is 2.52. The quantitative estimate of drug-likeness (QED) is 0.907. The van der Waals surface area contributed by atoms with Crippen LogP contribution in [0.1, 0.15) is 17.8 Å². The Kier molecular flexibility index (Phi) is 4.76. The van der Waals surface area contributed by atoms with Crippen molar-refractivity contribution in [3.8, 4) is 0 Å². The Balaban J connectivity index is 2.44. The minimum absolute atomic E-state index is 0.181. The molecule has 15 heavy (non-hydrogen) atoms. The highest BCUT2D eigenvalue weighted by molar-refractivity contribution is 9.10. The van der Waals surface area contributed by atoms with E-state index in [-0.39, 0.29) is 11.8 Å². The van der Waals surface area contributed by atoms with Gasteiger partial charge in [0.2, 0.25) is 0 Å². The van der Waals surface area contributed by atoms with E-state index < -0.39 is 9.84 Å². The maximum atomic E-state index is 10.9. The second-order valence-corrected chi connectivity index (χ2v) is 7.50. The van der Waals surface area contributed by atoms with Crippen molar-refractivity contribution in [3.05, 3.63) is 20.8 Å². The SMILES string of the molecule is CC(NCCS(C)(=O)=O)c1sccc1Br. The molecule has 0 aliphatic rings. The molecule has 3 nitrogen and oxygen atoms in total. The van der Waals surface area contributed by atoms with Crippen molar-refractivity contribution in [1.29, 1.82) is 0 Å². The van der Waals surface area contributed by atoms with Gasteiger partial charge in [-0.15, -0.1) is 11.3 Å². The van der Waals surface area contributed by atoms with Gasteiger partial charge in [0.1, 0.15) is 9.84 Å². The van der Waals surface area contributed by atoms with E-state index in [0.717, 1.165) is 4.47 Å². The molecule has 6 heteroatoms. The first kappa shape index (κ1) is 13.2. The van der Waals surface area contributed by atoms with Gasteiger partial charge in [0.25, 0.3) is 0 Å². The molecule has 1 atom stereocenters. The Morgan fingerprint density at radius 1 is 1.60 bits per heavy atom. The zero-order valence-corrected chi connectivity index (χ0v) is 11.9. The fraction of sp³-hybridized carbons (Fsp3) is 0.556. The summed E-state index contributed by atoms with van der Waals surface area (Å²) in [6.07, 6.45) is 1.25. The lowest BCUT2D eigenvalue weighted by Gasteiger charge is -2.12. The summed E-state index contributed by atoms with van der Waals surface area (Å²) in [6, 6.07) is 2.18. The van der Waals surface area contributed by atoms with Crippen LogP contribution in [0.4, 0.5) is 0 Å². The highest BCUT2D eigenvalue weighted by Gasteiger charge is 2.10. The molecule has 0 saturated carbocycles. The second-order valence-electron chi connectivity index (χ2n) is 3.44. The third kappa shape index (κ3) is 4.63. The van der Waals surface area contributed by atoms with Gasteiger partial charge in [-0.2, -0.15) is 0 Å². The molecular weight excluding hydrogens is 298 g/mol. The van der Waals surface area contributed by atoms with Gasteiger partial charge in [0, 0.05) is 28.2 Å². The van der Waals surface area contributed by atoms with Gasteiger partial charge in [-0.25, -0.2) is 8.42 Å². The smallest absolute Gasteiger partial charge is 0.148 e. The first-order chi connectivity index (χ1) is 6.90. The minimum atomic E-state index is -2.87. The van der Waals surface area contributed by atoms with Crippen LogP contribution in [0, 0.1) is 0 Å². The molecule has 0 spiro atoms. The number of hydrogen-bond acceptors (Lipinski definition) is 4. The Morgan fingerprint density at radius 2 is 2.27 bits per heavy atom. The largest absolute Gasteiger partial charge is 0.308 e. The van der Waals surface area contributed by atoms with Crippen molar-refractivity contribution < 1.29 is 8.42 Å². The van der Waals surface area contributed by atoms with Gasteiger partial charge in [0.05, 0.1) is 5.75 Å². The van der Waals surface area contributed by atoms with E-state index >= 15 is 0 Å². The molecule has 86 valence electrons. The van der Waals surface area contributed by atoms with Crippen LogP contribution < -0.4 is 5.32 Å². The van der Waals surface area contributed by atoms with Crippen LogP contribution >= 0.6 is 27.3 Å². The molecule has 0 amide bonds. The molecule has 0 aliphatic heterocycles. The van der Waals surface area contributed by atoms with Crippen molar-refractivity contribution in [1.82, 2.24) is 5.32 Å². The van der Waals surface area contributed by atoms with E-state index in [0.29, 0.717) is 6.54 Å². The number of rotatable bonds is 5. The fourth-order valence-corrected chi connectivity index (χ4v) is 3.41.